The number of likely N-dealkylation sites (tertiary alicyclic amines) is 1. The Bertz CT molecular complexity index is 1120. The highest BCUT2D eigenvalue weighted by molar-refractivity contribution is 7.17. The molecule has 1 fully saturated rings. The Hall–Kier alpha value is -2.87. The molecule has 2 aromatic rings. The van der Waals surface area contributed by atoms with Crippen LogP contribution in [0.5, 0.6) is 0 Å². The van der Waals surface area contributed by atoms with Crippen LogP contribution >= 0.6 is 11.3 Å². The van der Waals surface area contributed by atoms with E-state index < -0.39 is 47.9 Å². The number of aliphatic hydroxyl groups excluding tert-OH is 1. The monoisotopic (exact) mass is 549 g/mol. The van der Waals surface area contributed by atoms with Crippen LogP contribution in [0.25, 0.3) is 10.4 Å². The summed E-state index contributed by atoms with van der Waals surface area (Å²) in [6, 6.07) is -1.94. The van der Waals surface area contributed by atoms with E-state index in [1.807, 2.05) is 6.92 Å². The Morgan fingerprint density at radius 3 is 2.57 bits per heavy atom. The van der Waals surface area contributed by atoms with Crippen molar-refractivity contribution in [1.29, 1.82) is 0 Å². The highest BCUT2D eigenvalue weighted by atomic mass is 32.1. The van der Waals surface area contributed by atoms with Crippen LogP contribution < -0.4 is 10.6 Å². The third kappa shape index (κ3) is 6.53. The molecule has 204 valence electrons. The minimum atomic E-state index is -4.62. The van der Waals surface area contributed by atoms with Gasteiger partial charge in [0.05, 0.1) is 17.5 Å². The van der Waals surface area contributed by atoms with Crippen LogP contribution in [-0.4, -0.2) is 69.2 Å². The number of amides is 2. The second-order valence-electron chi connectivity index (χ2n) is 8.81. The lowest BCUT2D eigenvalue weighted by molar-refractivity contribution is -0.138. The van der Waals surface area contributed by atoms with Gasteiger partial charge in [-0.3, -0.25) is 9.59 Å². The Morgan fingerprint density at radius 1 is 1.32 bits per heavy atom. The molecule has 3 atom stereocenters. The Morgan fingerprint density at radius 2 is 2.03 bits per heavy atom. The fourth-order valence-corrected chi connectivity index (χ4v) is 4.86. The second kappa shape index (κ2) is 11.7. The number of pyridine rings is 1. The summed E-state index contributed by atoms with van der Waals surface area (Å²) in [5.41, 5.74) is -1.08. The van der Waals surface area contributed by atoms with Crippen molar-refractivity contribution in [2.24, 2.45) is 0 Å². The lowest BCUT2D eigenvalue weighted by atomic mass is 10.1. The molecule has 0 unspecified atom stereocenters. The number of carbonyl (C=O) groups is 2. The Labute approximate surface area is 214 Å². The molecule has 8 nitrogen and oxygen atoms in total. The molecular formula is C23H28F5N5O3S. The predicted molar refractivity (Wildman–Crippen MR) is 128 cm³/mol. The van der Waals surface area contributed by atoms with Gasteiger partial charge in [-0.2, -0.15) is 13.2 Å². The molecule has 0 bridgehead atoms. The van der Waals surface area contributed by atoms with Gasteiger partial charge in [0.25, 0.3) is 18.2 Å². The lowest BCUT2D eigenvalue weighted by Crippen LogP contribution is -2.37. The topological polar surface area (TPSA) is 107 Å². The van der Waals surface area contributed by atoms with E-state index in [2.05, 4.69) is 20.6 Å². The van der Waals surface area contributed by atoms with Crippen LogP contribution in [0.3, 0.4) is 0 Å². The van der Waals surface area contributed by atoms with E-state index in [0.717, 1.165) is 32.0 Å². The van der Waals surface area contributed by atoms with Crippen molar-refractivity contribution in [2.75, 3.05) is 18.5 Å². The zero-order chi connectivity index (χ0) is 27.5. The van der Waals surface area contributed by atoms with Gasteiger partial charge in [0.2, 0.25) is 0 Å². The van der Waals surface area contributed by atoms with E-state index in [9.17, 15) is 36.6 Å². The number of thiazole rings is 1. The number of halogens is 5. The fraction of sp³-hybridized carbons (Fsp3) is 0.565. The zero-order valence-electron chi connectivity index (χ0n) is 20.4. The number of anilines is 1. The summed E-state index contributed by atoms with van der Waals surface area (Å²) in [4.78, 5) is 35.7. The number of nitrogens with one attached hydrogen (secondary N) is 2. The van der Waals surface area contributed by atoms with Crippen LogP contribution in [0.1, 0.15) is 72.3 Å². The maximum atomic E-state index is 14.1. The van der Waals surface area contributed by atoms with Crippen molar-refractivity contribution in [1.82, 2.24) is 20.2 Å². The molecule has 1 saturated heterocycles. The largest absolute Gasteiger partial charge is 0.408 e. The van der Waals surface area contributed by atoms with Crippen molar-refractivity contribution < 1.29 is 36.6 Å². The molecule has 0 aliphatic carbocycles. The summed E-state index contributed by atoms with van der Waals surface area (Å²) >= 11 is 0.702. The number of hydrogen-bond donors (Lipinski definition) is 3. The summed E-state index contributed by atoms with van der Waals surface area (Å²) in [7, 11) is 0. The third-order valence-electron chi connectivity index (χ3n) is 6.16. The van der Waals surface area contributed by atoms with Gasteiger partial charge in [0.15, 0.2) is 5.01 Å². The third-order valence-corrected chi connectivity index (χ3v) is 7.24. The highest BCUT2D eigenvalue weighted by Crippen LogP contribution is 2.39. The Kier molecular flexibility index (Phi) is 9.05. The van der Waals surface area contributed by atoms with Gasteiger partial charge in [0.1, 0.15) is 17.6 Å². The molecule has 2 aromatic heterocycles. The summed E-state index contributed by atoms with van der Waals surface area (Å²) in [6.07, 6.45) is -4.88. The molecule has 3 N–H and O–H groups in total. The molecule has 0 aromatic carbocycles. The zero-order valence-corrected chi connectivity index (χ0v) is 21.2. The average Bonchev–Trinajstić information content (AvgIpc) is 3.48. The standard InChI is InChI=1S/C23H28F5N5O3S/c1-4-13(10-34)31-20(35)21-32-17(22(36)33-7-5-6-11(33)2)18(37-21)15-9-29-16(8-14(15)19(24)25)30-12(3)23(26,27)28/h8-9,11-13,19,34H,4-7,10H2,1-3H3,(H,29,30)(H,31,35)/t11-,12-,13+/m0/s1. The maximum Gasteiger partial charge on any atom is 0.408 e. The van der Waals surface area contributed by atoms with Gasteiger partial charge < -0.3 is 20.6 Å². The average molecular weight is 550 g/mol. The highest BCUT2D eigenvalue weighted by Gasteiger charge is 2.37. The summed E-state index contributed by atoms with van der Waals surface area (Å²) in [5, 5.41) is 13.9. The second-order valence-corrected chi connectivity index (χ2v) is 9.81. The van der Waals surface area contributed by atoms with Gasteiger partial charge >= 0.3 is 6.18 Å². The molecule has 3 rings (SSSR count). The minimum Gasteiger partial charge on any atom is -0.394 e. The lowest BCUT2D eigenvalue weighted by Gasteiger charge is -2.21. The van der Waals surface area contributed by atoms with E-state index in [-0.39, 0.29) is 33.8 Å². The van der Waals surface area contributed by atoms with Gasteiger partial charge in [0, 0.05) is 29.9 Å². The van der Waals surface area contributed by atoms with E-state index in [1.165, 1.54) is 0 Å². The van der Waals surface area contributed by atoms with Crippen molar-refractivity contribution in [3.05, 3.63) is 28.5 Å². The van der Waals surface area contributed by atoms with Crippen molar-refractivity contribution in [3.8, 4) is 10.4 Å². The molecule has 0 radical (unpaired) electrons. The number of carbonyl (C=O) groups excluding carboxylic acids is 2. The molecule has 0 saturated carbocycles. The number of nitrogens with zero attached hydrogens (tertiary/aromatic N) is 3. The van der Waals surface area contributed by atoms with Crippen LogP contribution in [0, 0.1) is 0 Å². The van der Waals surface area contributed by atoms with E-state index in [1.54, 1.807) is 11.8 Å². The van der Waals surface area contributed by atoms with Gasteiger partial charge in [-0.15, -0.1) is 11.3 Å². The molecule has 0 spiro atoms. The molecule has 1 aliphatic rings. The number of aromatic nitrogens is 2. The normalized spacial score (nSPS) is 17.7. The summed E-state index contributed by atoms with van der Waals surface area (Å²) < 4.78 is 67.0. The number of alkyl halides is 5. The molecule has 14 heteroatoms. The quantitative estimate of drug-likeness (QED) is 0.394. The number of aliphatic hydroxyl groups is 1. The van der Waals surface area contributed by atoms with Gasteiger partial charge in [-0.25, -0.2) is 18.7 Å². The molecule has 3 heterocycles. The Balaban J connectivity index is 2.09. The number of hydrogen-bond acceptors (Lipinski definition) is 7. The van der Waals surface area contributed by atoms with E-state index in [4.69, 9.17) is 0 Å². The first-order chi connectivity index (χ1) is 17.4. The van der Waals surface area contributed by atoms with Crippen LogP contribution in [-0.2, 0) is 0 Å². The van der Waals surface area contributed by atoms with Crippen LogP contribution in [0.15, 0.2) is 12.3 Å². The predicted octanol–water partition coefficient (Wildman–Crippen LogP) is 4.63. The van der Waals surface area contributed by atoms with Crippen molar-refractivity contribution >= 4 is 29.0 Å². The first-order valence-electron chi connectivity index (χ1n) is 11.7. The van der Waals surface area contributed by atoms with Crippen molar-refractivity contribution in [2.45, 2.75) is 70.8 Å². The fourth-order valence-electron chi connectivity index (χ4n) is 3.86. The summed E-state index contributed by atoms with van der Waals surface area (Å²) in [6.45, 7) is 4.51. The molecular weight excluding hydrogens is 521 g/mol. The van der Waals surface area contributed by atoms with Crippen LogP contribution in [0.4, 0.5) is 27.8 Å². The van der Waals surface area contributed by atoms with Gasteiger partial charge in [-0.05, 0) is 39.2 Å². The first-order valence-corrected chi connectivity index (χ1v) is 12.5. The first kappa shape index (κ1) is 28.7. The maximum absolute atomic E-state index is 14.1. The van der Waals surface area contributed by atoms with Gasteiger partial charge in [-0.1, -0.05) is 6.92 Å². The van der Waals surface area contributed by atoms with Crippen LogP contribution in [0.2, 0.25) is 0 Å². The smallest absolute Gasteiger partial charge is 0.394 e. The molecule has 1 aliphatic heterocycles. The number of rotatable bonds is 9. The molecule has 2 amide bonds. The molecule has 37 heavy (non-hydrogen) atoms. The minimum absolute atomic E-state index is 0.0375. The van der Waals surface area contributed by atoms with E-state index in [0.29, 0.717) is 24.3 Å². The summed E-state index contributed by atoms with van der Waals surface area (Å²) in [5.74, 6) is -1.65. The van der Waals surface area contributed by atoms with Crippen molar-refractivity contribution in [3.63, 3.8) is 0 Å². The SMILES string of the molecule is CC[C@H](CO)NC(=O)c1nc(C(=O)N2CCC[C@@H]2C)c(-c2cnc(N[C@@H](C)C(F)(F)F)cc2C(F)F)s1. The van der Waals surface area contributed by atoms with E-state index >= 15 is 0 Å².